The van der Waals surface area contributed by atoms with Crippen molar-refractivity contribution in [2.75, 3.05) is 6.54 Å². The van der Waals surface area contributed by atoms with Crippen molar-refractivity contribution in [3.63, 3.8) is 0 Å². The monoisotopic (exact) mass is 204 g/mol. The zero-order chi connectivity index (χ0) is 10.8. The van der Waals surface area contributed by atoms with E-state index in [-0.39, 0.29) is 0 Å². The Labute approximate surface area is 89.3 Å². The van der Waals surface area contributed by atoms with Gasteiger partial charge in [0.1, 0.15) is 5.52 Å². The second-order valence-corrected chi connectivity index (χ2v) is 4.03. The van der Waals surface area contributed by atoms with Crippen LogP contribution < -0.4 is 5.73 Å². The van der Waals surface area contributed by atoms with E-state index in [0.29, 0.717) is 18.9 Å². The standard InChI is InChI=1S/C12H16N2O/c1-8(2)9-3-4-11-10(7-9)14-12(15-11)5-6-13/h3-4,7-8H,5-6,13H2,1-2H3. The Bertz CT molecular complexity index is 460. The van der Waals surface area contributed by atoms with Gasteiger partial charge in [-0.2, -0.15) is 0 Å². The van der Waals surface area contributed by atoms with Gasteiger partial charge < -0.3 is 10.2 Å². The van der Waals surface area contributed by atoms with Crippen molar-refractivity contribution in [3.8, 4) is 0 Å². The highest BCUT2D eigenvalue weighted by Gasteiger charge is 2.07. The summed E-state index contributed by atoms with van der Waals surface area (Å²) >= 11 is 0. The molecule has 1 aromatic heterocycles. The lowest BCUT2D eigenvalue weighted by Gasteiger charge is -2.02. The lowest BCUT2D eigenvalue weighted by Crippen LogP contribution is -2.02. The molecule has 3 heteroatoms. The first-order valence-electron chi connectivity index (χ1n) is 5.30. The SMILES string of the molecule is CC(C)c1ccc2oc(CCN)nc2c1. The molecule has 0 aliphatic carbocycles. The number of rotatable bonds is 3. The first-order valence-corrected chi connectivity index (χ1v) is 5.30. The highest BCUT2D eigenvalue weighted by Crippen LogP contribution is 2.21. The molecule has 2 aromatic rings. The van der Waals surface area contributed by atoms with Crippen LogP contribution in [0.3, 0.4) is 0 Å². The summed E-state index contributed by atoms with van der Waals surface area (Å²) in [5.74, 6) is 1.25. The van der Waals surface area contributed by atoms with Crippen LogP contribution in [-0.4, -0.2) is 11.5 Å². The summed E-state index contributed by atoms with van der Waals surface area (Å²) in [6, 6.07) is 6.16. The number of fused-ring (bicyclic) bond motifs is 1. The van der Waals surface area contributed by atoms with Gasteiger partial charge in [0, 0.05) is 13.0 Å². The first-order chi connectivity index (χ1) is 7.20. The molecule has 1 aromatic carbocycles. The molecule has 0 spiro atoms. The number of hydrogen-bond donors (Lipinski definition) is 1. The zero-order valence-corrected chi connectivity index (χ0v) is 9.16. The Morgan fingerprint density at radius 3 is 2.87 bits per heavy atom. The maximum atomic E-state index is 5.55. The van der Waals surface area contributed by atoms with Crippen LogP contribution >= 0.6 is 0 Å². The van der Waals surface area contributed by atoms with Crippen molar-refractivity contribution >= 4 is 11.1 Å². The average molecular weight is 204 g/mol. The van der Waals surface area contributed by atoms with Gasteiger partial charge in [0.15, 0.2) is 11.5 Å². The second kappa shape index (κ2) is 4.03. The minimum absolute atomic E-state index is 0.518. The summed E-state index contributed by atoms with van der Waals surface area (Å²) in [6.07, 6.45) is 0.700. The molecule has 15 heavy (non-hydrogen) atoms. The highest BCUT2D eigenvalue weighted by molar-refractivity contribution is 5.73. The van der Waals surface area contributed by atoms with E-state index < -0.39 is 0 Å². The average Bonchev–Trinajstić information content (AvgIpc) is 2.59. The Balaban J connectivity index is 2.43. The Kier molecular flexibility index (Phi) is 2.73. The third kappa shape index (κ3) is 2.02. The third-order valence-corrected chi connectivity index (χ3v) is 2.48. The third-order valence-electron chi connectivity index (χ3n) is 2.48. The molecule has 0 radical (unpaired) electrons. The minimum atomic E-state index is 0.518. The maximum absolute atomic E-state index is 5.55. The lowest BCUT2D eigenvalue weighted by atomic mass is 10.0. The fraction of sp³-hybridized carbons (Fsp3) is 0.417. The van der Waals surface area contributed by atoms with Crippen molar-refractivity contribution in [1.82, 2.24) is 4.98 Å². The van der Waals surface area contributed by atoms with Gasteiger partial charge in [-0.05, 0) is 23.6 Å². The van der Waals surface area contributed by atoms with Crippen LogP contribution in [0.25, 0.3) is 11.1 Å². The van der Waals surface area contributed by atoms with Crippen LogP contribution in [-0.2, 0) is 6.42 Å². The summed E-state index contributed by atoms with van der Waals surface area (Å²) in [7, 11) is 0. The molecule has 0 atom stereocenters. The van der Waals surface area contributed by atoms with Gasteiger partial charge in [-0.3, -0.25) is 0 Å². The van der Waals surface area contributed by atoms with Gasteiger partial charge in [0.25, 0.3) is 0 Å². The quantitative estimate of drug-likeness (QED) is 0.835. The topological polar surface area (TPSA) is 52.0 Å². The molecular weight excluding hydrogens is 188 g/mol. The van der Waals surface area contributed by atoms with E-state index in [1.807, 2.05) is 6.07 Å². The maximum Gasteiger partial charge on any atom is 0.196 e. The van der Waals surface area contributed by atoms with E-state index >= 15 is 0 Å². The van der Waals surface area contributed by atoms with Crippen molar-refractivity contribution in [3.05, 3.63) is 29.7 Å². The Morgan fingerprint density at radius 1 is 1.40 bits per heavy atom. The summed E-state index contributed by atoms with van der Waals surface area (Å²) in [5, 5.41) is 0. The van der Waals surface area contributed by atoms with Crippen LogP contribution in [0.4, 0.5) is 0 Å². The highest BCUT2D eigenvalue weighted by atomic mass is 16.3. The molecule has 80 valence electrons. The summed E-state index contributed by atoms with van der Waals surface area (Å²) in [5.41, 5.74) is 8.53. The molecule has 0 aliphatic rings. The van der Waals surface area contributed by atoms with E-state index in [1.165, 1.54) is 5.56 Å². The van der Waals surface area contributed by atoms with Crippen LogP contribution in [0, 0.1) is 0 Å². The number of oxazole rings is 1. The van der Waals surface area contributed by atoms with E-state index in [0.717, 1.165) is 17.0 Å². The summed E-state index contributed by atoms with van der Waals surface area (Å²) in [4.78, 5) is 4.40. The largest absolute Gasteiger partial charge is 0.441 e. The molecule has 0 aliphatic heterocycles. The number of nitrogens with two attached hydrogens (primary N) is 1. The van der Waals surface area contributed by atoms with Crippen molar-refractivity contribution in [2.24, 2.45) is 5.73 Å². The number of nitrogens with zero attached hydrogens (tertiary/aromatic N) is 1. The molecule has 2 N–H and O–H groups in total. The van der Waals surface area contributed by atoms with Crippen LogP contribution in [0.5, 0.6) is 0 Å². The molecule has 0 amide bonds. The van der Waals surface area contributed by atoms with Crippen molar-refractivity contribution < 1.29 is 4.42 Å². The van der Waals surface area contributed by atoms with E-state index in [2.05, 4.69) is 31.0 Å². The number of benzene rings is 1. The molecule has 0 fully saturated rings. The molecule has 0 saturated carbocycles. The van der Waals surface area contributed by atoms with Gasteiger partial charge in [-0.15, -0.1) is 0 Å². The summed E-state index contributed by atoms with van der Waals surface area (Å²) in [6.45, 7) is 4.91. The normalized spacial score (nSPS) is 11.5. The Morgan fingerprint density at radius 2 is 2.20 bits per heavy atom. The molecule has 0 unspecified atom stereocenters. The number of hydrogen-bond acceptors (Lipinski definition) is 3. The van der Waals surface area contributed by atoms with Crippen molar-refractivity contribution in [2.45, 2.75) is 26.2 Å². The van der Waals surface area contributed by atoms with E-state index in [1.54, 1.807) is 0 Å². The summed E-state index contributed by atoms with van der Waals surface area (Å²) < 4.78 is 5.55. The molecule has 3 nitrogen and oxygen atoms in total. The fourth-order valence-corrected chi connectivity index (χ4v) is 1.58. The second-order valence-electron chi connectivity index (χ2n) is 4.03. The van der Waals surface area contributed by atoms with E-state index in [9.17, 15) is 0 Å². The van der Waals surface area contributed by atoms with Gasteiger partial charge >= 0.3 is 0 Å². The Hall–Kier alpha value is -1.35. The van der Waals surface area contributed by atoms with Gasteiger partial charge in [0.2, 0.25) is 0 Å². The number of aromatic nitrogens is 1. The molecule has 2 rings (SSSR count). The zero-order valence-electron chi connectivity index (χ0n) is 9.16. The minimum Gasteiger partial charge on any atom is -0.441 e. The van der Waals surface area contributed by atoms with Gasteiger partial charge in [-0.25, -0.2) is 4.98 Å². The predicted octanol–water partition coefficient (Wildman–Crippen LogP) is 2.45. The predicted molar refractivity (Wildman–Crippen MR) is 60.9 cm³/mol. The molecule has 1 heterocycles. The van der Waals surface area contributed by atoms with Crippen molar-refractivity contribution in [1.29, 1.82) is 0 Å². The lowest BCUT2D eigenvalue weighted by molar-refractivity contribution is 0.531. The smallest absolute Gasteiger partial charge is 0.196 e. The van der Waals surface area contributed by atoms with Gasteiger partial charge in [0.05, 0.1) is 0 Å². The van der Waals surface area contributed by atoms with Crippen LogP contribution in [0.2, 0.25) is 0 Å². The van der Waals surface area contributed by atoms with Gasteiger partial charge in [-0.1, -0.05) is 19.9 Å². The molecule has 0 bridgehead atoms. The fourth-order valence-electron chi connectivity index (χ4n) is 1.58. The molecular formula is C12H16N2O. The first kappa shape index (κ1) is 10.2. The van der Waals surface area contributed by atoms with E-state index in [4.69, 9.17) is 10.2 Å². The van der Waals surface area contributed by atoms with Crippen LogP contribution in [0.1, 0.15) is 31.2 Å². The van der Waals surface area contributed by atoms with Crippen LogP contribution in [0.15, 0.2) is 22.6 Å². The molecule has 0 saturated heterocycles.